The highest BCUT2D eigenvalue weighted by Crippen LogP contribution is 2.31. The third-order valence-corrected chi connectivity index (χ3v) is 5.90. The van der Waals surface area contributed by atoms with Crippen molar-refractivity contribution in [2.24, 2.45) is 10.4 Å². The molecule has 1 unspecified atom stereocenters. The van der Waals surface area contributed by atoms with Gasteiger partial charge < -0.3 is 9.87 Å². The van der Waals surface area contributed by atoms with Crippen molar-refractivity contribution in [3.63, 3.8) is 0 Å². The van der Waals surface area contributed by atoms with Gasteiger partial charge in [-0.1, -0.05) is 46.1 Å². The molecule has 124 valence electrons. The van der Waals surface area contributed by atoms with E-state index in [2.05, 4.69) is 10.3 Å². The van der Waals surface area contributed by atoms with Crippen molar-refractivity contribution in [3.05, 3.63) is 35.4 Å². The van der Waals surface area contributed by atoms with Gasteiger partial charge >= 0.3 is 0 Å². The highest BCUT2D eigenvalue weighted by atomic mass is 33.1. The Morgan fingerprint density at radius 3 is 2.52 bits per heavy atom. The fourth-order valence-electron chi connectivity index (χ4n) is 1.76. The summed E-state index contributed by atoms with van der Waals surface area (Å²) < 4.78 is 21.7. The molecular formula is C14H15N2O4S3-. The van der Waals surface area contributed by atoms with Crippen LogP contribution in [0.15, 0.2) is 29.3 Å². The zero-order chi connectivity index (χ0) is 17.0. The van der Waals surface area contributed by atoms with Crippen LogP contribution in [0.3, 0.4) is 0 Å². The van der Waals surface area contributed by atoms with Gasteiger partial charge in [-0.2, -0.15) is 4.99 Å². The minimum atomic E-state index is -2.15. The second kappa shape index (κ2) is 7.61. The summed E-state index contributed by atoms with van der Waals surface area (Å²) in [4.78, 5) is 27.5. The molecule has 0 bridgehead atoms. The number of amidine groups is 1. The molecule has 1 aromatic carbocycles. The maximum Gasteiger partial charge on any atom is 0.263 e. The van der Waals surface area contributed by atoms with Crippen molar-refractivity contribution in [1.29, 1.82) is 0 Å². The van der Waals surface area contributed by atoms with Gasteiger partial charge in [0, 0.05) is 11.5 Å². The first-order valence-corrected chi connectivity index (χ1v) is 10.2. The van der Waals surface area contributed by atoms with Gasteiger partial charge in [-0.15, -0.1) is 0 Å². The van der Waals surface area contributed by atoms with Crippen LogP contribution in [-0.4, -0.2) is 25.7 Å². The van der Waals surface area contributed by atoms with E-state index in [1.165, 1.54) is 35.4 Å². The number of nitrogens with zero attached hydrogens (tertiary/aromatic N) is 1. The van der Waals surface area contributed by atoms with E-state index in [0.29, 0.717) is 5.75 Å². The minimum absolute atomic E-state index is 0.0360. The molecule has 0 radical (unpaired) electrons. The summed E-state index contributed by atoms with van der Waals surface area (Å²) in [5, 5.41) is 2.86. The molecule has 9 heteroatoms. The highest BCUT2D eigenvalue weighted by molar-refractivity contribution is 8.82. The van der Waals surface area contributed by atoms with Gasteiger partial charge in [-0.25, -0.2) is 0 Å². The minimum Gasteiger partial charge on any atom is -0.772 e. The van der Waals surface area contributed by atoms with Crippen LogP contribution in [0.25, 0.3) is 0 Å². The molecule has 0 aliphatic carbocycles. The number of nitrogens with one attached hydrogen (secondary N) is 1. The average molecular weight is 371 g/mol. The van der Waals surface area contributed by atoms with Crippen LogP contribution in [-0.2, 0) is 32.2 Å². The van der Waals surface area contributed by atoms with Crippen LogP contribution in [0.2, 0.25) is 0 Å². The number of hydrogen-bond acceptors (Lipinski definition) is 6. The third kappa shape index (κ3) is 4.66. The lowest BCUT2D eigenvalue weighted by molar-refractivity contribution is -0.139. The van der Waals surface area contributed by atoms with Gasteiger partial charge in [0.15, 0.2) is 5.17 Å². The molecule has 1 aliphatic rings. The lowest BCUT2D eigenvalue weighted by Crippen LogP contribution is -2.48. The molecule has 23 heavy (non-hydrogen) atoms. The van der Waals surface area contributed by atoms with Gasteiger partial charge in [-0.3, -0.25) is 13.8 Å². The summed E-state index contributed by atoms with van der Waals surface area (Å²) >= 11 is -2.15. The van der Waals surface area contributed by atoms with E-state index in [4.69, 9.17) is 0 Å². The number of aliphatic imine (C=N–C) groups is 1. The molecule has 2 amide bonds. The second-order valence-corrected chi connectivity index (χ2v) is 8.54. The number of hydrogen-bond donors (Lipinski definition) is 1. The summed E-state index contributed by atoms with van der Waals surface area (Å²) in [5.41, 5.74) is 0.490. The molecule has 0 saturated carbocycles. The fraction of sp³-hybridized carbons (Fsp3) is 0.357. The summed E-state index contributed by atoms with van der Waals surface area (Å²) in [6, 6.07) is 7.24. The van der Waals surface area contributed by atoms with Gasteiger partial charge in [0.05, 0.1) is 0 Å². The van der Waals surface area contributed by atoms with Crippen molar-refractivity contribution >= 4 is 49.7 Å². The van der Waals surface area contributed by atoms with Crippen molar-refractivity contribution < 1.29 is 18.4 Å². The Morgan fingerprint density at radius 1 is 1.26 bits per heavy atom. The Kier molecular flexibility index (Phi) is 6.01. The van der Waals surface area contributed by atoms with E-state index in [-0.39, 0.29) is 16.8 Å². The fourth-order valence-corrected chi connectivity index (χ4v) is 4.26. The predicted molar refractivity (Wildman–Crippen MR) is 92.3 cm³/mol. The summed E-state index contributed by atoms with van der Waals surface area (Å²) in [7, 11) is 2.56. The molecule has 2 rings (SSSR count). The molecule has 1 atom stereocenters. The third-order valence-electron chi connectivity index (χ3n) is 3.27. The smallest absolute Gasteiger partial charge is 0.263 e. The summed E-state index contributed by atoms with van der Waals surface area (Å²) in [6.45, 7) is 3.06. The molecule has 1 aromatic rings. The van der Waals surface area contributed by atoms with Crippen LogP contribution >= 0.6 is 21.6 Å². The number of carbonyl (C=O) groups is 2. The number of benzene rings is 1. The molecule has 6 nitrogen and oxygen atoms in total. The lowest BCUT2D eigenvalue weighted by Gasteiger charge is -2.24. The topological polar surface area (TPSA) is 98.7 Å². The van der Waals surface area contributed by atoms with E-state index in [9.17, 15) is 18.4 Å². The molecule has 1 heterocycles. The standard InChI is InChI=1S/C14H16N2O4S3/c1-14(2)11(17)15-13(16-12(14)18)22-21-7-9-5-3-4-6-10(9)8-23(19)20/h3-6H,7-8H2,1-2H3,(H,19,20)(H,15,16,17,18)/p-1. The van der Waals surface area contributed by atoms with E-state index in [0.717, 1.165) is 11.1 Å². The van der Waals surface area contributed by atoms with Gasteiger partial charge in [0.2, 0.25) is 5.91 Å². The highest BCUT2D eigenvalue weighted by Gasteiger charge is 2.40. The predicted octanol–water partition coefficient (Wildman–Crippen LogP) is 1.99. The monoisotopic (exact) mass is 371 g/mol. The van der Waals surface area contributed by atoms with Gasteiger partial charge in [0.25, 0.3) is 5.91 Å². The van der Waals surface area contributed by atoms with Crippen LogP contribution < -0.4 is 5.32 Å². The van der Waals surface area contributed by atoms with E-state index in [1.54, 1.807) is 12.1 Å². The van der Waals surface area contributed by atoms with Crippen LogP contribution in [0, 0.1) is 5.41 Å². The number of amides is 2. The van der Waals surface area contributed by atoms with E-state index >= 15 is 0 Å². The maximum absolute atomic E-state index is 11.8. The largest absolute Gasteiger partial charge is 0.772 e. The molecule has 0 saturated heterocycles. The van der Waals surface area contributed by atoms with E-state index in [1.807, 2.05) is 12.1 Å². The molecule has 0 spiro atoms. The Bertz CT molecular complexity index is 688. The Balaban J connectivity index is 1.97. The zero-order valence-corrected chi connectivity index (χ0v) is 15.0. The Labute approximate surface area is 144 Å². The summed E-state index contributed by atoms with van der Waals surface area (Å²) in [6.07, 6.45) is 0. The number of rotatable bonds is 5. The maximum atomic E-state index is 11.8. The molecule has 1 N–H and O–H groups in total. The SMILES string of the molecule is CC1(C)C(=O)N=C(SSCc2ccccc2CS(=O)[O-])NC1=O. The van der Waals surface area contributed by atoms with Crippen LogP contribution in [0.1, 0.15) is 25.0 Å². The first-order chi connectivity index (χ1) is 10.8. The van der Waals surface area contributed by atoms with Crippen LogP contribution in [0.5, 0.6) is 0 Å². The molecule has 0 fully saturated rings. The molecule has 1 aliphatic heterocycles. The van der Waals surface area contributed by atoms with E-state index < -0.39 is 22.4 Å². The zero-order valence-electron chi connectivity index (χ0n) is 12.5. The summed E-state index contributed by atoms with van der Waals surface area (Å²) in [5.74, 6) is -0.342. The van der Waals surface area contributed by atoms with Crippen LogP contribution in [0.4, 0.5) is 0 Å². The lowest BCUT2D eigenvalue weighted by atomic mass is 9.91. The van der Waals surface area contributed by atoms with Crippen molar-refractivity contribution in [3.8, 4) is 0 Å². The Morgan fingerprint density at radius 2 is 1.91 bits per heavy atom. The van der Waals surface area contributed by atoms with Crippen molar-refractivity contribution in [2.75, 3.05) is 0 Å². The van der Waals surface area contributed by atoms with Gasteiger partial charge in [-0.05, 0) is 35.8 Å². The number of carbonyl (C=O) groups excluding carboxylic acids is 2. The first-order valence-electron chi connectivity index (χ1n) is 6.67. The van der Waals surface area contributed by atoms with Gasteiger partial charge in [0.1, 0.15) is 5.41 Å². The first kappa shape index (κ1) is 18.2. The van der Waals surface area contributed by atoms with Crippen molar-refractivity contribution in [1.82, 2.24) is 5.32 Å². The Hall–Kier alpha value is -1.16. The average Bonchev–Trinajstić information content (AvgIpc) is 2.46. The normalized spacial score (nSPS) is 18.3. The molecular weight excluding hydrogens is 356 g/mol. The second-order valence-electron chi connectivity index (χ2n) is 5.36. The molecule has 0 aromatic heterocycles. The van der Waals surface area contributed by atoms with Crippen molar-refractivity contribution in [2.45, 2.75) is 25.4 Å². The quantitative estimate of drug-likeness (QED) is 0.483.